The molecule has 0 bridgehead atoms. The van der Waals surface area contributed by atoms with Gasteiger partial charge in [-0.1, -0.05) is 36.8 Å². The van der Waals surface area contributed by atoms with E-state index in [0.717, 1.165) is 24.8 Å². The van der Waals surface area contributed by atoms with Gasteiger partial charge in [-0.25, -0.2) is 4.72 Å². The van der Waals surface area contributed by atoms with E-state index in [4.69, 9.17) is 5.73 Å². The van der Waals surface area contributed by atoms with Crippen LogP contribution in [0.15, 0.2) is 30.3 Å². The van der Waals surface area contributed by atoms with Crippen LogP contribution in [0.5, 0.6) is 0 Å². The number of piperidine rings is 1. The molecule has 0 spiro atoms. The second-order valence-corrected chi connectivity index (χ2v) is 6.59. The summed E-state index contributed by atoms with van der Waals surface area (Å²) in [7, 11) is -3.38. The quantitative estimate of drug-likeness (QED) is 0.862. The van der Waals surface area contributed by atoms with E-state index in [-0.39, 0.29) is 25.0 Å². The van der Waals surface area contributed by atoms with Gasteiger partial charge in [0.25, 0.3) is 10.2 Å². The lowest BCUT2D eigenvalue weighted by Gasteiger charge is -2.26. The van der Waals surface area contributed by atoms with Crippen LogP contribution >= 0.6 is 12.4 Å². The molecule has 1 atom stereocenters. The van der Waals surface area contributed by atoms with Crippen LogP contribution in [0.1, 0.15) is 30.9 Å². The van der Waals surface area contributed by atoms with Gasteiger partial charge >= 0.3 is 0 Å². The maximum Gasteiger partial charge on any atom is 0.279 e. The Morgan fingerprint density at radius 1 is 1.15 bits per heavy atom. The summed E-state index contributed by atoms with van der Waals surface area (Å²) in [6.07, 6.45) is 2.98. The van der Waals surface area contributed by atoms with Crippen molar-refractivity contribution in [3.8, 4) is 0 Å². The van der Waals surface area contributed by atoms with Crippen molar-refractivity contribution in [3.63, 3.8) is 0 Å². The number of hydrogen-bond acceptors (Lipinski definition) is 3. The molecule has 1 fully saturated rings. The average Bonchev–Trinajstić information content (AvgIpc) is 2.47. The summed E-state index contributed by atoms with van der Waals surface area (Å²) in [5.41, 5.74) is 6.92. The predicted molar refractivity (Wildman–Crippen MR) is 83.0 cm³/mol. The maximum atomic E-state index is 12.1. The topological polar surface area (TPSA) is 75.4 Å². The summed E-state index contributed by atoms with van der Waals surface area (Å²) < 4.78 is 28.3. The molecule has 5 nitrogen and oxygen atoms in total. The maximum absolute atomic E-state index is 12.1. The van der Waals surface area contributed by atoms with Gasteiger partial charge in [0.15, 0.2) is 0 Å². The number of hydrogen-bond donors (Lipinski definition) is 2. The minimum atomic E-state index is -3.38. The number of nitrogens with zero attached hydrogens (tertiary/aromatic N) is 1. The molecule has 0 amide bonds. The van der Waals surface area contributed by atoms with Gasteiger partial charge in [-0.2, -0.15) is 12.7 Å². The molecule has 1 aliphatic rings. The van der Waals surface area contributed by atoms with Crippen molar-refractivity contribution >= 4 is 22.6 Å². The standard InChI is InChI=1S/C13H21N3O2S.ClH/c14-13(12-7-3-1-4-8-12)11-15-19(17,18)16-9-5-2-6-10-16;/h1,3-4,7-8,13,15H,2,5-6,9-11,14H2;1H. The van der Waals surface area contributed by atoms with Crippen molar-refractivity contribution in [3.05, 3.63) is 35.9 Å². The molecule has 20 heavy (non-hydrogen) atoms. The average molecular weight is 320 g/mol. The molecular weight excluding hydrogens is 298 g/mol. The summed E-state index contributed by atoms with van der Waals surface area (Å²) >= 11 is 0. The van der Waals surface area contributed by atoms with Crippen LogP contribution in [0.3, 0.4) is 0 Å². The first-order valence-corrected chi connectivity index (χ1v) is 8.09. The van der Waals surface area contributed by atoms with E-state index in [1.165, 1.54) is 4.31 Å². The molecule has 1 aromatic rings. The molecule has 0 aliphatic carbocycles. The van der Waals surface area contributed by atoms with E-state index in [0.29, 0.717) is 13.1 Å². The SMILES string of the molecule is Cl.NC(CNS(=O)(=O)N1CCCCC1)c1ccccc1. The van der Waals surface area contributed by atoms with Gasteiger partial charge in [0.1, 0.15) is 0 Å². The second kappa shape index (κ2) is 7.95. The first kappa shape index (κ1) is 17.4. The highest BCUT2D eigenvalue weighted by molar-refractivity contribution is 7.87. The third kappa shape index (κ3) is 4.71. The molecule has 1 aromatic carbocycles. The largest absolute Gasteiger partial charge is 0.323 e. The Bertz CT molecular complexity index is 490. The van der Waals surface area contributed by atoms with Gasteiger partial charge in [-0.05, 0) is 18.4 Å². The molecule has 2 rings (SSSR count). The molecular formula is C13H22ClN3O2S. The van der Waals surface area contributed by atoms with Crippen LogP contribution in [0.2, 0.25) is 0 Å². The third-order valence-corrected chi connectivity index (χ3v) is 4.94. The van der Waals surface area contributed by atoms with Crippen molar-refractivity contribution in [2.24, 2.45) is 5.73 Å². The first-order valence-electron chi connectivity index (χ1n) is 6.65. The Kier molecular flexibility index (Phi) is 6.91. The molecule has 3 N–H and O–H groups in total. The number of nitrogens with two attached hydrogens (primary N) is 1. The van der Waals surface area contributed by atoms with E-state index in [2.05, 4.69) is 4.72 Å². The van der Waals surface area contributed by atoms with E-state index in [1.807, 2.05) is 30.3 Å². The molecule has 0 saturated carbocycles. The van der Waals surface area contributed by atoms with Gasteiger partial charge in [-0.15, -0.1) is 12.4 Å². The molecule has 1 unspecified atom stereocenters. The van der Waals surface area contributed by atoms with Gasteiger partial charge in [0.05, 0.1) is 0 Å². The Balaban J connectivity index is 0.00000200. The van der Waals surface area contributed by atoms with Crippen LogP contribution in [0, 0.1) is 0 Å². The van der Waals surface area contributed by atoms with Gasteiger partial charge in [0.2, 0.25) is 0 Å². The van der Waals surface area contributed by atoms with Crippen LogP contribution in [-0.2, 0) is 10.2 Å². The highest BCUT2D eigenvalue weighted by Crippen LogP contribution is 2.13. The van der Waals surface area contributed by atoms with Gasteiger partial charge in [-0.3, -0.25) is 0 Å². The first-order chi connectivity index (χ1) is 9.09. The minimum absolute atomic E-state index is 0. The molecule has 1 aliphatic heterocycles. The van der Waals surface area contributed by atoms with Crippen LogP contribution < -0.4 is 10.5 Å². The van der Waals surface area contributed by atoms with Crippen molar-refractivity contribution < 1.29 is 8.42 Å². The zero-order valence-electron chi connectivity index (χ0n) is 11.4. The Morgan fingerprint density at radius 2 is 1.75 bits per heavy atom. The van der Waals surface area contributed by atoms with Crippen molar-refractivity contribution in [2.45, 2.75) is 25.3 Å². The highest BCUT2D eigenvalue weighted by atomic mass is 35.5. The highest BCUT2D eigenvalue weighted by Gasteiger charge is 2.23. The van der Waals surface area contributed by atoms with Gasteiger partial charge < -0.3 is 5.73 Å². The Labute approximate surface area is 127 Å². The summed E-state index contributed by atoms with van der Waals surface area (Å²) in [5.74, 6) is 0. The van der Waals surface area contributed by atoms with Crippen molar-refractivity contribution in [1.29, 1.82) is 0 Å². The zero-order valence-corrected chi connectivity index (χ0v) is 13.0. The third-order valence-electron chi connectivity index (χ3n) is 3.37. The van der Waals surface area contributed by atoms with E-state index in [9.17, 15) is 8.42 Å². The normalized spacial score (nSPS) is 18.2. The van der Waals surface area contributed by atoms with Crippen LogP contribution in [0.25, 0.3) is 0 Å². The van der Waals surface area contributed by atoms with E-state index in [1.54, 1.807) is 0 Å². The summed E-state index contributed by atoms with van der Waals surface area (Å²) in [4.78, 5) is 0. The minimum Gasteiger partial charge on any atom is -0.323 e. The van der Waals surface area contributed by atoms with E-state index < -0.39 is 10.2 Å². The molecule has 114 valence electrons. The summed E-state index contributed by atoms with van der Waals surface area (Å²) in [5, 5.41) is 0. The van der Waals surface area contributed by atoms with Crippen molar-refractivity contribution in [2.75, 3.05) is 19.6 Å². The predicted octanol–water partition coefficient (Wildman–Crippen LogP) is 1.43. The fourth-order valence-corrected chi connectivity index (χ4v) is 3.52. The van der Waals surface area contributed by atoms with E-state index >= 15 is 0 Å². The smallest absolute Gasteiger partial charge is 0.279 e. The summed E-state index contributed by atoms with van der Waals surface area (Å²) in [6, 6.07) is 9.19. The molecule has 1 saturated heterocycles. The lowest BCUT2D eigenvalue weighted by atomic mass is 10.1. The zero-order chi connectivity index (χ0) is 13.7. The lowest BCUT2D eigenvalue weighted by molar-refractivity contribution is 0.341. The monoisotopic (exact) mass is 319 g/mol. The number of rotatable bonds is 5. The van der Waals surface area contributed by atoms with Gasteiger partial charge in [0, 0.05) is 25.7 Å². The number of nitrogens with one attached hydrogen (secondary N) is 1. The number of halogens is 1. The molecule has 1 heterocycles. The second-order valence-electron chi connectivity index (χ2n) is 4.83. The molecule has 0 aromatic heterocycles. The number of benzene rings is 1. The van der Waals surface area contributed by atoms with Crippen LogP contribution in [-0.4, -0.2) is 32.4 Å². The lowest BCUT2D eigenvalue weighted by Crippen LogP contribution is -2.45. The summed E-state index contributed by atoms with van der Waals surface area (Å²) in [6.45, 7) is 1.44. The Hall–Kier alpha value is -0.660. The fraction of sp³-hybridized carbons (Fsp3) is 0.538. The van der Waals surface area contributed by atoms with Crippen LogP contribution in [0.4, 0.5) is 0 Å². The molecule has 0 radical (unpaired) electrons. The van der Waals surface area contributed by atoms with Crippen molar-refractivity contribution in [1.82, 2.24) is 9.03 Å². The fourth-order valence-electron chi connectivity index (χ4n) is 2.21. The Morgan fingerprint density at radius 3 is 2.35 bits per heavy atom. The molecule has 7 heteroatoms.